The first-order chi connectivity index (χ1) is 19.3. The molecule has 0 unspecified atom stereocenters. The van der Waals surface area contributed by atoms with Crippen molar-refractivity contribution in [2.45, 2.75) is 37.8 Å². The van der Waals surface area contributed by atoms with Crippen LogP contribution >= 0.6 is 0 Å². The first kappa shape index (κ1) is 25.8. The van der Waals surface area contributed by atoms with E-state index in [4.69, 9.17) is 9.15 Å². The van der Waals surface area contributed by atoms with Crippen molar-refractivity contribution in [2.24, 2.45) is 5.92 Å². The number of benzene rings is 1. The molecule has 2 bridgehead atoms. The third kappa shape index (κ3) is 4.75. The first-order valence-corrected chi connectivity index (χ1v) is 13.3. The number of H-pyrrole nitrogens is 1. The van der Waals surface area contributed by atoms with Crippen LogP contribution in [0.5, 0.6) is 5.75 Å². The van der Waals surface area contributed by atoms with E-state index >= 15 is 0 Å². The van der Waals surface area contributed by atoms with Crippen LogP contribution in [0.15, 0.2) is 73.4 Å². The molecule has 4 aromatic rings. The summed E-state index contributed by atoms with van der Waals surface area (Å²) in [5.41, 5.74) is 0.696. The number of pyridine rings is 2. The van der Waals surface area contributed by atoms with E-state index in [1.165, 1.54) is 13.2 Å². The van der Waals surface area contributed by atoms with Gasteiger partial charge >= 0.3 is 5.97 Å². The SMILES string of the molecule is COC(=O)C[C@@H](c1oc(CN2C[C@H]3C[C@@H](C2)c2cccc(=O)n2C3)cc(=O)c1O)c1cc2ccccc2[nH]c1=O. The number of nitrogens with one attached hydrogen (secondary N) is 1. The molecule has 6 rings (SSSR count). The first-order valence-electron chi connectivity index (χ1n) is 13.3. The van der Waals surface area contributed by atoms with Gasteiger partial charge in [-0.05, 0) is 35.9 Å². The summed E-state index contributed by atoms with van der Waals surface area (Å²) in [7, 11) is 1.23. The summed E-state index contributed by atoms with van der Waals surface area (Å²) in [6.45, 7) is 2.33. The van der Waals surface area contributed by atoms with Gasteiger partial charge in [-0.3, -0.25) is 24.1 Å². The molecule has 2 aliphatic heterocycles. The number of carbonyl (C=O) groups excluding carboxylic acids is 1. The van der Waals surface area contributed by atoms with Gasteiger partial charge in [0.1, 0.15) is 5.76 Å². The molecule has 2 aliphatic rings. The molecule has 206 valence electrons. The second-order valence-corrected chi connectivity index (χ2v) is 10.7. The summed E-state index contributed by atoms with van der Waals surface area (Å²) in [4.78, 5) is 55.8. The van der Waals surface area contributed by atoms with Crippen LogP contribution in [0.4, 0.5) is 0 Å². The molecular weight excluding hydrogens is 514 g/mol. The van der Waals surface area contributed by atoms with Crippen LogP contribution in [-0.4, -0.2) is 45.7 Å². The Bertz CT molecular complexity index is 1790. The normalized spacial score (nSPS) is 19.2. The molecule has 0 saturated carbocycles. The molecule has 3 atom stereocenters. The van der Waals surface area contributed by atoms with Crippen LogP contribution in [0.1, 0.15) is 47.5 Å². The van der Waals surface area contributed by atoms with Gasteiger partial charge in [0.25, 0.3) is 11.1 Å². The Kier molecular flexibility index (Phi) is 6.63. The van der Waals surface area contributed by atoms with Crippen molar-refractivity contribution < 1.29 is 19.1 Å². The molecule has 0 aliphatic carbocycles. The van der Waals surface area contributed by atoms with Crippen LogP contribution < -0.4 is 16.5 Å². The number of para-hydroxylation sites is 1. The maximum absolute atomic E-state index is 13.1. The summed E-state index contributed by atoms with van der Waals surface area (Å²) >= 11 is 0. The Balaban J connectivity index is 1.36. The van der Waals surface area contributed by atoms with Crippen LogP contribution in [0.2, 0.25) is 0 Å². The monoisotopic (exact) mass is 543 g/mol. The lowest BCUT2D eigenvalue weighted by molar-refractivity contribution is -0.140. The van der Waals surface area contributed by atoms with Crippen molar-refractivity contribution >= 4 is 16.9 Å². The highest BCUT2D eigenvalue weighted by molar-refractivity contribution is 5.79. The predicted octanol–water partition coefficient (Wildman–Crippen LogP) is 2.66. The maximum Gasteiger partial charge on any atom is 0.306 e. The molecule has 1 fully saturated rings. The lowest BCUT2D eigenvalue weighted by atomic mass is 9.83. The number of aromatic nitrogens is 2. The van der Waals surface area contributed by atoms with Gasteiger partial charge in [-0.25, -0.2) is 0 Å². The molecule has 10 heteroatoms. The number of hydrogen-bond donors (Lipinski definition) is 2. The van der Waals surface area contributed by atoms with E-state index in [9.17, 15) is 24.3 Å². The minimum atomic E-state index is -1.05. The standard InChI is InChI=1S/C30H29N3O7/c1-39-27(36)12-21(22-10-18-5-2-3-6-23(18)31-30(22)38)29-28(37)25(34)11-20(40-29)16-32-13-17-9-19(15-32)24-7-4-8-26(35)33(24)14-17/h2-8,10-11,17,19,21,37H,9,12-16H2,1H3,(H,31,38)/t17-,19+,21-/m1/s1. The van der Waals surface area contributed by atoms with Gasteiger partial charge in [-0.15, -0.1) is 0 Å². The number of hydrogen-bond acceptors (Lipinski definition) is 8. The third-order valence-electron chi connectivity index (χ3n) is 8.01. The quantitative estimate of drug-likeness (QED) is 0.355. The molecule has 0 radical (unpaired) electrons. The molecule has 40 heavy (non-hydrogen) atoms. The van der Waals surface area contributed by atoms with E-state index < -0.39 is 28.6 Å². The number of ether oxygens (including phenoxy) is 1. The summed E-state index contributed by atoms with van der Waals surface area (Å²) in [5.74, 6) is -1.70. The fraction of sp³-hybridized carbons (Fsp3) is 0.333. The Morgan fingerprint density at radius 2 is 1.93 bits per heavy atom. The van der Waals surface area contributed by atoms with Crippen molar-refractivity contribution in [3.05, 3.63) is 108 Å². The number of rotatable bonds is 6. The van der Waals surface area contributed by atoms with E-state index in [2.05, 4.69) is 9.88 Å². The smallest absolute Gasteiger partial charge is 0.306 e. The van der Waals surface area contributed by atoms with Crippen molar-refractivity contribution in [2.75, 3.05) is 20.2 Å². The summed E-state index contributed by atoms with van der Waals surface area (Å²) in [6.07, 6.45) is 0.675. The molecule has 3 aromatic heterocycles. The minimum absolute atomic E-state index is 0.00940. The lowest BCUT2D eigenvalue weighted by Crippen LogP contribution is -2.46. The molecular formula is C30H29N3O7. The maximum atomic E-state index is 13.1. The van der Waals surface area contributed by atoms with Gasteiger partial charge < -0.3 is 23.8 Å². The number of aromatic amines is 1. The number of nitrogens with zero attached hydrogens (tertiary/aromatic N) is 2. The van der Waals surface area contributed by atoms with E-state index in [0.717, 1.165) is 17.5 Å². The molecule has 1 aromatic carbocycles. The summed E-state index contributed by atoms with van der Waals surface area (Å²) in [6, 6.07) is 15.4. The van der Waals surface area contributed by atoms with E-state index in [1.807, 2.05) is 22.8 Å². The fourth-order valence-electron chi connectivity index (χ4n) is 6.23. The minimum Gasteiger partial charge on any atom is -0.502 e. The van der Waals surface area contributed by atoms with E-state index in [0.29, 0.717) is 37.5 Å². The molecule has 0 amide bonds. The topological polar surface area (TPSA) is 135 Å². The zero-order valence-electron chi connectivity index (χ0n) is 22.0. The highest BCUT2D eigenvalue weighted by Gasteiger charge is 2.35. The number of methoxy groups -OCH3 is 1. The van der Waals surface area contributed by atoms with Crippen LogP contribution in [-0.2, 0) is 22.6 Å². The third-order valence-corrected chi connectivity index (χ3v) is 8.01. The van der Waals surface area contributed by atoms with Crippen LogP contribution in [0.25, 0.3) is 10.9 Å². The number of aromatic hydroxyl groups is 1. The lowest BCUT2D eigenvalue weighted by Gasteiger charge is -2.42. The second-order valence-electron chi connectivity index (χ2n) is 10.7. The fourth-order valence-corrected chi connectivity index (χ4v) is 6.23. The molecule has 2 N–H and O–H groups in total. The Hall–Kier alpha value is -4.44. The second kappa shape index (κ2) is 10.3. The van der Waals surface area contributed by atoms with Crippen molar-refractivity contribution in [1.82, 2.24) is 14.5 Å². The van der Waals surface area contributed by atoms with Gasteiger partial charge in [0.15, 0.2) is 5.76 Å². The molecule has 10 nitrogen and oxygen atoms in total. The van der Waals surface area contributed by atoms with E-state index in [1.54, 1.807) is 30.3 Å². The average molecular weight is 544 g/mol. The predicted molar refractivity (Wildman–Crippen MR) is 147 cm³/mol. The molecule has 1 saturated heterocycles. The van der Waals surface area contributed by atoms with Gasteiger partial charge in [0.2, 0.25) is 11.2 Å². The number of piperidine rings is 1. The van der Waals surface area contributed by atoms with Gasteiger partial charge in [-0.2, -0.15) is 0 Å². The van der Waals surface area contributed by atoms with Gasteiger partial charge in [0.05, 0.1) is 26.0 Å². The summed E-state index contributed by atoms with van der Waals surface area (Å²) in [5, 5.41) is 11.5. The number of likely N-dealkylation sites (tertiary alicyclic amines) is 1. The van der Waals surface area contributed by atoms with Crippen LogP contribution in [0.3, 0.4) is 0 Å². The van der Waals surface area contributed by atoms with Crippen molar-refractivity contribution in [3.8, 4) is 5.75 Å². The highest BCUT2D eigenvalue weighted by atomic mass is 16.5. The Morgan fingerprint density at radius 1 is 1.10 bits per heavy atom. The zero-order valence-corrected chi connectivity index (χ0v) is 22.0. The highest BCUT2D eigenvalue weighted by Crippen LogP contribution is 2.37. The molecule has 5 heterocycles. The number of carbonyl (C=O) groups is 1. The Morgan fingerprint density at radius 3 is 2.75 bits per heavy atom. The average Bonchev–Trinajstić information content (AvgIpc) is 2.94. The van der Waals surface area contributed by atoms with E-state index in [-0.39, 0.29) is 35.1 Å². The zero-order chi connectivity index (χ0) is 28.0. The Labute approximate surface area is 228 Å². The molecule has 0 spiro atoms. The van der Waals surface area contributed by atoms with Crippen LogP contribution in [0, 0.1) is 5.92 Å². The van der Waals surface area contributed by atoms with Crippen molar-refractivity contribution in [3.63, 3.8) is 0 Å². The number of esters is 1. The van der Waals surface area contributed by atoms with Gasteiger partial charge in [-0.1, -0.05) is 24.3 Å². The summed E-state index contributed by atoms with van der Waals surface area (Å²) < 4.78 is 12.8. The number of fused-ring (bicyclic) bond motifs is 5. The van der Waals surface area contributed by atoms with Crippen molar-refractivity contribution in [1.29, 1.82) is 0 Å². The van der Waals surface area contributed by atoms with Gasteiger partial charge in [0, 0.05) is 54.5 Å². The largest absolute Gasteiger partial charge is 0.502 e.